The number of aromatic nitrogens is 2. The highest BCUT2D eigenvalue weighted by molar-refractivity contribution is 5.35. The van der Waals surface area contributed by atoms with E-state index in [2.05, 4.69) is 35.4 Å². The summed E-state index contributed by atoms with van der Waals surface area (Å²) in [5.41, 5.74) is 3.39. The fraction of sp³-hybridized carbons (Fsp3) is 0.591. The van der Waals surface area contributed by atoms with Crippen LogP contribution in [0.5, 0.6) is 0 Å². The fourth-order valence-electron chi connectivity index (χ4n) is 4.73. The first-order valence-electron chi connectivity index (χ1n) is 10.5. The minimum Gasteiger partial charge on any atom is -0.379 e. The maximum absolute atomic E-state index is 6.39. The van der Waals surface area contributed by atoms with E-state index in [0.29, 0.717) is 5.92 Å². The van der Waals surface area contributed by atoms with Crippen molar-refractivity contribution in [3.05, 3.63) is 47.8 Å². The van der Waals surface area contributed by atoms with E-state index in [-0.39, 0.29) is 5.60 Å². The van der Waals surface area contributed by atoms with E-state index in [1.165, 1.54) is 5.56 Å². The van der Waals surface area contributed by atoms with Crippen LogP contribution in [0.4, 0.5) is 0 Å². The SMILES string of the molecule is c1ccc(-n2cc3c(n2)C2(CCN(CC4COCCOC4)CC2)OCC3)cc1. The molecule has 5 rings (SSSR count). The number of likely N-dealkylation sites (tertiary alicyclic amines) is 1. The van der Waals surface area contributed by atoms with E-state index in [1.54, 1.807) is 0 Å². The van der Waals surface area contributed by atoms with Gasteiger partial charge in [0.05, 0.1) is 44.4 Å². The number of piperidine rings is 1. The van der Waals surface area contributed by atoms with Crippen molar-refractivity contribution in [2.75, 3.05) is 52.7 Å². The number of benzene rings is 1. The Bertz CT molecular complexity index is 776. The van der Waals surface area contributed by atoms with Crippen molar-refractivity contribution in [1.82, 2.24) is 14.7 Å². The van der Waals surface area contributed by atoms with Gasteiger partial charge in [-0.05, 0) is 37.0 Å². The van der Waals surface area contributed by atoms with E-state index in [0.717, 1.165) is 83.3 Å². The standard InChI is InChI=1S/C22H29N3O3/c1-2-4-20(5-3-1)25-15-19-6-11-28-22(21(19)23-25)7-9-24(10-8-22)14-18-16-26-12-13-27-17-18/h1-5,15,18H,6-14,16-17H2. The van der Waals surface area contributed by atoms with Gasteiger partial charge in [0.25, 0.3) is 0 Å². The maximum Gasteiger partial charge on any atom is 0.115 e. The Morgan fingerprint density at radius 3 is 2.50 bits per heavy atom. The summed E-state index contributed by atoms with van der Waals surface area (Å²) in [6, 6.07) is 10.4. The Morgan fingerprint density at radius 2 is 1.75 bits per heavy atom. The summed E-state index contributed by atoms with van der Waals surface area (Å²) in [5, 5.41) is 4.98. The average molecular weight is 383 g/mol. The van der Waals surface area contributed by atoms with Crippen LogP contribution in [0.1, 0.15) is 24.1 Å². The van der Waals surface area contributed by atoms with Crippen molar-refractivity contribution in [3.63, 3.8) is 0 Å². The lowest BCUT2D eigenvalue weighted by atomic mass is 9.83. The summed E-state index contributed by atoms with van der Waals surface area (Å²) in [4.78, 5) is 2.54. The summed E-state index contributed by atoms with van der Waals surface area (Å²) >= 11 is 0. The maximum atomic E-state index is 6.39. The molecule has 4 heterocycles. The van der Waals surface area contributed by atoms with Crippen LogP contribution in [0.2, 0.25) is 0 Å². The van der Waals surface area contributed by atoms with Gasteiger partial charge >= 0.3 is 0 Å². The van der Waals surface area contributed by atoms with Crippen molar-refractivity contribution in [1.29, 1.82) is 0 Å². The highest BCUT2D eigenvalue weighted by Crippen LogP contribution is 2.41. The molecule has 0 aliphatic carbocycles. The molecule has 0 bridgehead atoms. The molecular weight excluding hydrogens is 354 g/mol. The van der Waals surface area contributed by atoms with E-state index >= 15 is 0 Å². The Labute approximate surface area is 166 Å². The summed E-state index contributed by atoms with van der Waals surface area (Å²) in [5.74, 6) is 0.469. The highest BCUT2D eigenvalue weighted by atomic mass is 16.5. The number of rotatable bonds is 3. The van der Waals surface area contributed by atoms with Crippen molar-refractivity contribution in [2.45, 2.75) is 24.9 Å². The van der Waals surface area contributed by atoms with Crippen LogP contribution in [0, 0.1) is 5.92 Å². The molecule has 0 saturated carbocycles. The third kappa shape index (κ3) is 3.62. The molecule has 150 valence electrons. The van der Waals surface area contributed by atoms with Gasteiger partial charge in [0, 0.05) is 31.7 Å². The molecule has 3 aliphatic heterocycles. The quantitative estimate of drug-likeness (QED) is 0.815. The molecule has 2 fully saturated rings. The molecule has 0 N–H and O–H groups in total. The Hall–Kier alpha value is -1.73. The number of hydrogen-bond acceptors (Lipinski definition) is 5. The third-order valence-electron chi connectivity index (χ3n) is 6.25. The van der Waals surface area contributed by atoms with Crippen LogP contribution in [-0.4, -0.2) is 67.3 Å². The van der Waals surface area contributed by atoms with E-state index in [4.69, 9.17) is 19.3 Å². The summed E-state index contributed by atoms with van der Waals surface area (Å²) < 4.78 is 19.7. The second-order valence-electron chi connectivity index (χ2n) is 8.19. The second kappa shape index (κ2) is 7.95. The molecule has 6 heteroatoms. The molecule has 2 aromatic rings. The van der Waals surface area contributed by atoms with Crippen LogP contribution in [-0.2, 0) is 26.2 Å². The lowest BCUT2D eigenvalue weighted by Crippen LogP contribution is -2.48. The average Bonchev–Trinajstić information content (AvgIpc) is 3.03. The molecule has 0 unspecified atom stereocenters. The smallest absolute Gasteiger partial charge is 0.115 e. The molecule has 28 heavy (non-hydrogen) atoms. The number of ether oxygens (including phenoxy) is 3. The van der Waals surface area contributed by atoms with Crippen LogP contribution >= 0.6 is 0 Å². The lowest BCUT2D eigenvalue weighted by Gasteiger charge is -2.43. The van der Waals surface area contributed by atoms with Gasteiger partial charge in [0.15, 0.2) is 0 Å². The molecule has 1 aromatic heterocycles. The van der Waals surface area contributed by atoms with Crippen molar-refractivity contribution >= 4 is 0 Å². The van der Waals surface area contributed by atoms with Crippen molar-refractivity contribution in [3.8, 4) is 5.69 Å². The van der Waals surface area contributed by atoms with Gasteiger partial charge in [-0.2, -0.15) is 5.10 Å². The van der Waals surface area contributed by atoms with Crippen LogP contribution in [0.25, 0.3) is 5.69 Å². The number of hydrogen-bond donors (Lipinski definition) is 0. The number of fused-ring (bicyclic) bond motifs is 2. The molecule has 1 spiro atoms. The van der Waals surface area contributed by atoms with Crippen LogP contribution < -0.4 is 0 Å². The van der Waals surface area contributed by atoms with Crippen LogP contribution in [0.3, 0.4) is 0 Å². The van der Waals surface area contributed by atoms with E-state index < -0.39 is 0 Å². The van der Waals surface area contributed by atoms with Gasteiger partial charge in [0.2, 0.25) is 0 Å². The minimum absolute atomic E-state index is 0.222. The Kier molecular flexibility index (Phi) is 5.20. The predicted octanol–water partition coefficient (Wildman–Crippen LogP) is 2.40. The first-order chi connectivity index (χ1) is 13.8. The molecule has 0 radical (unpaired) electrons. The molecule has 1 aromatic carbocycles. The molecule has 2 saturated heterocycles. The highest BCUT2D eigenvalue weighted by Gasteiger charge is 2.43. The van der Waals surface area contributed by atoms with E-state index in [9.17, 15) is 0 Å². The molecule has 0 amide bonds. The first-order valence-corrected chi connectivity index (χ1v) is 10.5. The largest absolute Gasteiger partial charge is 0.379 e. The summed E-state index contributed by atoms with van der Waals surface area (Å²) in [6.45, 7) is 6.97. The van der Waals surface area contributed by atoms with Gasteiger partial charge in [-0.3, -0.25) is 0 Å². The van der Waals surface area contributed by atoms with Gasteiger partial charge in [0.1, 0.15) is 5.60 Å². The normalized spacial score (nSPS) is 23.4. The fourth-order valence-corrected chi connectivity index (χ4v) is 4.73. The third-order valence-corrected chi connectivity index (χ3v) is 6.25. The Balaban J connectivity index is 1.29. The lowest BCUT2D eigenvalue weighted by molar-refractivity contribution is -0.103. The molecule has 6 nitrogen and oxygen atoms in total. The number of nitrogens with zero attached hydrogens (tertiary/aromatic N) is 3. The van der Waals surface area contributed by atoms with Crippen LogP contribution in [0.15, 0.2) is 36.5 Å². The van der Waals surface area contributed by atoms with Gasteiger partial charge in [-0.25, -0.2) is 4.68 Å². The topological polar surface area (TPSA) is 48.8 Å². The van der Waals surface area contributed by atoms with E-state index in [1.807, 2.05) is 10.7 Å². The molecule has 3 aliphatic rings. The van der Waals surface area contributed by atoms with Gasteiger partial charge in [-0.15, -0.1) is 0 Å². The van der Waals surface area contributed by atoms with Gasteiger partial charge in [-0.1, -0.05) is 18.2 Å². The second-order valence-corrected chi connectivity index (χ2v) is 8.19. The van der Waals surface area contributed by atoms with Gasteiger partial charge < -0.3 is 19.1 Å². The summed E-state index contributed by atoms with van der Waals surface area (Å²) in [7, 11) is 0. The predicted molar refractivity (Wildman–Crippen MR) is 106 cm³/mol. The molecule has 0 atom stereocenters. The summed E-state index contributed by atoms with van der Waals surface area (Å²) in [6.07, 6.45) is 5.15. The Morgan fingerprint density at radius 1 is 1.00 bits per heavy atom. The van der Waals surface area contributed by atoms with Crippen molar-refractivity contribution in [2.24, 2.45) is 5.92 Å². The monoisotopic (exact) mass is 383 g/mol. The molecular formula is C22H29N3O3. The number of para-hydroxylation sites is 1. The zero-order valence-electron chi connectivity index (χ0n) is 16.4. The zero-order chi connectivity index (χ0) is 18.8. The first kappa shape index (κ1) is 18.3. The minimum atomic E-state index is -0.222. The van der Waals surface area contributed by atoms with Crippen molar-refractivity contribution < 1.29 is 14.2 Å². The zero-order valence-corrected chi connectivity index (χ0v) is 16.4.